The van der Waals surface area contributed by atoms with Gasteiger partial charge in [-0.1, -0.05) is 6.07 Å². The zero-order valence-corrected chi connectivity index (χ0v) is 13.6. The molecule has 1 aromatic heterocycles. The van der Waals surface area contributed by atoms with Crippen LogP contribution in [0.5, 0.6) is 5.75 Å². The third-order valence-electron chi connectivity index (χ3n) is 4.07. The number of carbonyl (C=O) groups is 1. The lowest BCUT2D eigenvalue weighted by atomic mass is 10.2. The number of carboxylic acids is 1. The topological polar surface area (TPSA) is 69.9 Å². The van der Waals surface area contributed by atoms with Crippen molar-refractivity contribution in [1.29, 1.82) is 0 Å². The summed E-state index contributed by atoms with van der Waals surface area (Å²) >= 11 is 0. The Morgan fingerprint density at radius 1 is 1.29 bits per heavy atom. The van der Waals surface area contributed by atoms with E-state index in [-0.39, 0.29) is 12.8 Å². The summed E-state index contributed by atoms with van der Waals surface area (Å²) in [6, 6.07) is 7.57. The largest absolute Gasteiger partial charge is 0.493 e. The predicted molar refractivity (Wildman–Crippen MR) is 89.2 cm³/mol. The molecule has 0 bridgehead atoms. The van der Waals surface area contributed by atoms with Gasteiger partial charge in [0.1, 0.15) is 12.3 Å². The van der Waals surface area contributed by atoms with E-state index in [2.05, 4.69) is 0 Å². The summed E-state index contributed by atoms with van der Waals surface area (Å²) in [4.78, 5) is 10.9. The number of carboxylic acid groups (broad SMARTS) is 1. The predicted octanol–water partition coefficient (Wildman–Crippen LogP) is 3.04. The highest BCUT2D eigenvalue weighted by Gasteiger charge is 2.13. The molecule has 0 amide bonds. The minimum atomic E-state index is -0.860. The highest BCUT2D eigenvalue weighted by Crippen LogP contribution is 2.26. The van der Waals surface area contributed by atoms with Gasteiger partial charge in [0, 0.05) is 24.6 Å². The minimum absolute atomic E-state index is 0.0534. The van der Waals surface area contributed by atoms with Gasteiger partial charge in [0.2, 0.25) is 0 Å². The summed E-state index contributed by atoms with van der Waals surface area (Å²) in [6.45, 7) is 1.90. The van der Waals surface area contributed by atoms with Crippen LogP contribution in [0.1, 0.15) is 25.7 Å². The Kier molecular flexibility index (Phi) is 5.72. The van der Waals surface area contributed by atoms with Gasteiger partial charge in [-0.05, 0) is 37.5 Å². The second-order valence-electron chi connectivity index (χ2n) is 5.90. The average molecular weight is 333 g/mol. The van der Waals surface area contributed by atoms with E-state index in [9.17, 15) is 4.79 Å². The molecule has 6 nitrogen and oxygen atoms in total. The third kappa shape index (κ3) is 4.27. The Morgan fingerprint density at radius 2 is 2.21 bits per heavy atom. The van der Waals surface area contributed by atoms with Crippen molar-refractivity contribution >= 4 is 16.9 Å². The Hall–Kier alpha value is -2.05. The molecular weight excluding hydrogens is 310 g/mol. The van der Waals surface area contributed by atoms with E-state index in [1.54, 1.807) is 10.8 Å². The molecule has 1 aliphatic rings. The van der Waals surface area contributed by atoms with Gasteiger partial charge in [-0.2, -0.15) is 0 Å². The van der Waals surface area contributed by atoms with Crippen LogP contribution in [-0.2, 0) is 20.8 Å². The first kappa shape index (κ1) is 16.8. The van der Waals surface area contributed by atoms with Gasteiger partial charge in [-0.15, -0.1) is 0 Å². The van der Waals surface area contributed by atoms with E-state index in [1.165, 1.54) is 0 Å². The number of nitrogens with zero attached hydrogens (tertiary/aromatic N) is 1. The molecule has 0 saturated carbocycles. The molecule has 1 aliphatic heterocycles. The van der Waals surface area contributed by atoms with Crippen LogP contribution in [0.3, 0.4) is 0 Å². The molecule has 1 atom stereocenters. The van der Waals surface area contributed by atoms with E-state index >= 15 is 0 Å². The fraction of sp³-hybridized carbons (Fsp3) is 0.500. The highest BCUT2D eigenvalue weighted by atomic mass is 16.7. The number of hydrogen-bond donors (Lipinski definition) is 1. The van der Waals surface area contributed by atoms with Gasteiger partial charge in [0.05, 0.1) is 18.7 Å². The number of rotatable bonds is 8. The van der Waals surface area contributed by atoms with Gasteiger partial charge >= 0.3 is 5.97 Å². The van der Waals surface area contributed by atoms with E-state index < -0.39 is 5.97 Å². The Bertz CT molecular complexity index is 675. The van der Waals surface area contributed by atoms with Crippen molar-refractivity contribution in [2.45, 2.75) is 38.5 Å². The standard InChI is InChI=1S/C18H23NO5/c20-17(21)13-19-9-8-14-15(19)5-3-6-16(14)22-11-4-12-24-18-7-1-2-10-23-18/h3,5-6,8-9,18H,1-2,4,7,10-13H2,(H,20,21). The number of aliphatic carboxylic acids is 1. The lowest BCUT2D eigenvalue weighted by molar-refractivity contribution is -0.163. The third-order valence-corrected chi connectivity index (χ3v) is 4.07. The smallest absolute Gasteiger partial charge is 0.323 e. The SMILES string of the molecule is O=C(O)Cn1ccc2c(OCCCOC3CCCCO3)cccc21. The van der Waals surface area contributed by atoms with Crippen LogP contribution < -0.4 is 4.74 Å². The van der Waals surface area contributed by atoms with Crippen molar-refractivity contribution < 1.29 is 24.1 Å². The van der Waals surface area contributed by atoms with E-state index in [4.69, 9.17) is 19.3 Å². The summed E-state index contributed by atoms with van der Waals surface area (Å²) in [5, 5.41) is 9.87. The molecule has 0 spiro atoms. The first-order valence-electron chi connectivity index (χ1n) is 8.40. The van der Waals surface area contributed by atoms with E-state index in [0.717, 1.165) is 48.9 Å². The second kappa shape index (κ2) is 8.17. The second-order valence-corrected chi connectivity index (χ2v) is 5.90. The molecule has 3 rings (SSSR count). The summed E-state index contributed by atoms with van der Waals surface area (Å²) in [7, 11) is 0. The number of benzene rings is 1. The quantitative estimate of drug-likeness (QED) is 0.752. The van der Waals surface area contributed by atoms with Gasteiger partial charge < -0.3 is 23.9 Å². The van der Waals surface area contributed by atoms with Gasteiger partial charge in [-0.25, -0.2) is 0 Å². The Labute approximate surface area is 140 Å². The maximum absolute atomic E-state index is 10.9. The van der Waals surface area contributed by atoms with E-state index in [0.29, 0.717) is 13.2 Å². The van der Waals surface area contributed by atoms with Crippen molar-refractivity contribution in [3.05, 3.63) is 30.5 Å². The molecule has 1 N–H and O–H groups in total. The zero-order valence-electron chi connectivity index (χ0n) is 13.6. The monoisotopic (exact) mass is 333 g/mol. The van der Waals surface area contributed by atoms with Gasteiger partial charge in [0.25, 0.3) is 0 Å². The zero-order chi connectivity index (χ0) is 16.8. The molecule has 1 fully saturated rings. The lowest BCUT2D eigenvalue weighted by Crippen LogP contribution is -2.23. The fourth-order valence-corrected chi connectivity index (χ4v) is 2.90. The van der Waals surface area contributed by atoms with Crippen LogP contribution in [0, 0.1) is 0 Å². The average Bonchev–Trinajstić information content (AvgIpc) is 2.99. The Morgan fingerprint density at radius 3 is 3.00 bits per heavy atom. The van der Waals surface area contributed by atoms with Crippen LogP contribution in [0.25, 0.3) is 10.9 Å². The molecular formula is C18H23NO5. The summed E-state index contributed by atoms with van der Waals surface area (Å²) in [5.41, 5.74) is 0.863. The molecule has 0 aliphatic carbocycles. The summed E-state index contributed by atoms with van der Waals surface area (Å²) in [5.74, 6) is -0.0912. The summed E-state index contributed by atoms with van der Waals surface area (Å²) in [6.07, 6.45) is 5.75. The molecule has 1 unspecified atom stereocenters. The molecule has 6 heteroatoms. The van der Waals surface area contributed by atoms with Crippen LogP contribution in [-0.4, -0.2) is 41.8 Å². The van der Waals surface area contributed by atoms with Crippen LogP contribution in [0.2, 0.25) is 0 Å². The number of fused-ring (bicyclic) bond motifs is 1. The maximum atomic E-state index is 10.9. The Balaban J connectivity index is 1.50. The first-order valence-corrected chi connectivity index (χ1v) is 8.40. The number of hydrogen-bond acceptors (Lipinski definition) is 4. The molecule has 2 heterocycles. The van der Waals surface area contributed by atoms with Gasteiger partial charge in [0.15, 0.2) is 6.29 Å². The summed E-state index contributed by atoms with van der Waals surface area (Å²) < 4.78 is 18.8. The molecule has 0 radical (unpaired) electrons. The van der Waals surface area contributed by atoms with Crippen molar-refractivity contribution in [3.8, 4) is 5.75 Å². The maximum Gasteiger partial charge on any atom is 0.323 e. The van der Waals surface area contributed by atoms with Crippen molar-refractivity contribution in [1.82, 2.24) is 4.57 Å². The van der Waals surface area contributed by atoms with Crippen molar-refractivity contribution in [2.75, 3.05) is 19.8 Å². The van der Waals surface area contributed by atoms with Crippen LogP contribution in [0.4, 0.5) is 0 Å². The van der Waals surface area contributed by atoms with Crippen molar-refractivity contribution in [3.63, 3.8) is 0 Å². The number of aromatic nitrogens is 1. The molecule has 24 heavy (non-hydrogen) atoms. The molecule has 130 valence electrons. The number of ether oxygens (including phenoxy) is 3. The fourth-order valence-electron chi connectivity index (χ4n) is 2.90. The lowest BCUT2D eigenvalue weighted by Gasteiger charge is -2.22. The van der Waals surface area contributed by atoms with Crippen LogP contribution >= 0.6 is 0 Å². The highest BCUT2D eigenvalue weighted by molar-refractivity contribution is 5.87. The van der Waals surface area contributed by atoms with E-state index in [1.807, 2.05) is 24.3 Å². The first-order chi connectivity index (χ1) is 11.7. The van der Waals surface area contributed by atoms with Crippen LogP contribution in [0.15, 0.2) is 30.5 Å². The molecule has 1 aromatic carbocycles. The minimum Gasteiger partial charge on any atom is -0.493 e. The normalized spacial score (nSPS) is 17.9. The molecule has 2 aromatic rings. The van der Waals surface area contributed by atoms with Gasteiger partial charge in [-0.3, -0.25) is 4.79 Å². The van der Waals surface area contributed by atoms with Crippen molar-refractivity contribution in [2.24, 2.45) is 0 Å². The molecule has 1 saturated heterocycles.